The van der Waals surface area contributed by atoms with E-state index in [0.717, 1.165) is 0 Å². The molecule has 78 valence electrons. The van der Waals surface area contributed by atoms with Crippen molar-refractivity contribution in [2.45, 2.75) is 20.8 Å². The fourth-order valence-corrected chi connectivity index (χ4v) is 0.928. The van der Waals surface area contributed by atoms with E-state index in [4.69, 9.17) is 13.9 Å². The number of aromatic nitrogens is 1. The molecule has 5 nitrogen and oxygen atoms in total. The molecule has 0 fully saturated rings. The molecule has 0 saturated carbocycles. The third-order valence-electron chi connectivity index (χ3n) is 1.48. The van der Waals surface area contributed by atoms with E-state index in [1.54, 1.807) is 13.8 Å². The van der Waals surface area contributed by atoms with Gasteiger partial charge >= 0.3 is 17.8 Å². The van der Waals surface area contributed by atoms with Gasteiger partial charge in [-0.05, 0) is 20.8 Å². The second-order valence-corrected chi connectivity index (χ2v) is 2.55. The van der Waals surface area contributed by atoms with Crippen molar-refractivity contribution >= 4 is 5.97 Å². The summed E-state index contributed by atoms with van der Waals surface area (Å²) >= 11 is 0. The molecule has 0 aromatic carbocycles. The first-order chi connectivity index (χ1) is 6.69. The number of esters is 1. The minimum absolute atomic E-state index is 0.0622. The number of hydrogen-bond acceptors (Lipinski definition) is 5. The normalized spacial score (nSPS) is 9.93. The van der Waals surface area contributed by atoms with E-state index in [1.165, 1.54) is 0 Å². The molecule has 0 unspecified atom stereocenters. The summed E-state index contributed by atoms with van der Waals surface area (Å²) in [5.41, 5.74) is 0.551. The largest absolute Gasteiger partial charge is 0.464 e. The fourth-order valence-electron chi connectivity index (χ4n) is 0.928. The Kier molecular flexibility index (Phi) is 3.50. The topological polar surface area (TPSA) is 61.6 Å². The number of carbonyl (C=O) groups is 1. The van der Waals surface area contributed by atoms with Crippen LogP contribution in [0.4, 0.5) is 0 Å². The Labute approximate surface area is 82.0 Å². The molecule has 1 aromatic rings. The van der Waals surface area contributed by atoms with Crippen molar-refractivity contribution in [3.8, 4) is 5.95 Å². The van der Waals surface area contributed by atoms with Gasteiger partial charge in [0, 0.05) is 0 Å². The van der Waals surface area contributed by atoms with Crippen LogP contribution in [0.2, 0.25) is 0 Å². The standard InChI is InChI=1S/C9H13NO4/c1-4-12-8(11)7-10-6(3)9(14-7)13-5-2/h4-5H2,1-3H3. The lowest BCUT2D eigenvalue weighted by atomic mass is 10.5. The molecule has 0 amide bonds. The Bertz CT molecular complexity index is 319. The van der Waals surface area contributed by atoms with Crippen LogP contribution in [0, 0.1) is 6.92 Å². The summed E-state index contributed by atoms with van der Waals surface area (Å²) in [4.78, 5) is 15.1. The predicted octanol–water partition coefficient (Wildman–Crippen LogP) is 1.56. The molecule has 0 aliphatic rings. The number of oxazole rings is 1. The van der Waals surface area contributed by atoms with Crippen molar-refractivity contribution in [1.82, 2.24) is 4.98 Å². The summed E-state index contributed by atoms with van der Waals surface area (Å²) < 4.78 is 14.9. The highest BCUT2D eigenvalue weighted by atomic mass is 16.6. The summed E-state index contributed by atoms with van der Waals surface area (Å²) in [6.07, 6.45) is 0. The van der Waals surface area contributed by atoms with E-state index in [2.05, 4.69) is 4.98 Å². The highest BCUT2D eigenvalue weighted by Gasteiger charge is 2.17. The zero-order chi connectivity index (χ0) is 10.6. The predicted molar refractivity (Wildman–Crippen MR) is 48.4 cm³/mol. The van der Waals surface area contributed by atoms with Crippen LogP contribution in [0.3, 0.4) is 0 Å². The first-order valence-electron chi connectivity index (χ1n) is 4.46. The van der Waals surface area contributed by atoms with E-state index in [9.17, 15) is 4.79 Å². The minimum Gasteiger partial charge on any atom is -0.464 e. The minimum atomic E-state index is -0.568. The molecule has 5 heteroatoms. The zero-order valence-corrected chi connectivity index (χ0v) is 8.49. The van der Waals surface area contributed by atoms with Crippen LogP contribution < -0.4 is 4.74 Å². The van der Waals surface area contributed by atoms with Crippen molar-refractivity contribution in [2.75, 3.05) is 13.2 Å². The molecule has 0 N–H and O–H groups in total. The molecule has 0 saturated heterocycles. The molecule has 0 atom stereocenters. The molecule has 0 aliphatic heterocycles. The van der Waals surface area contributed by atoms with Crippen molar-refractivity contribution in [3.05, 3.63) is 11.6 Å². The van der Waals surface area contributed by atoms with Crippen LogP contribution in [0.25, 0.3) is 0 Å². The van der Waals surface area contributed by atoms with Gasteiger partial charge < -0.3 is 13.9 Å². The van der Waals surface area contributed by atoms with Crippen LogP contribution in [0.1, 0.15) is 30.2 Å². The molecule has 0 aliphatic carbocycles. The molecule has 0 radical (unpaired) electrons. The molecule has 1 heterocycles. The maximum absolute atomic E-state index is 11.2. The molecule has 0 bridgehead atoms. The van der Waals surface area contributed by atoms with Gasteiger partial charge in [-0.25, -0.2) is 9.78 Å². The first kappa shape index (κ1) is 10.6. The van der Waals surface area contributed by atoms with Gasteiger partial charge in [-0.3, -0.25) is 0 Å². The smallest absolute Gasteiger partial charge is 0.394 e. The number of carbonyl (C=O) groups excluding carboxylic acids is 1. The molecule has 1 aromatic heterocycles. The summed E-state index contributed by atoms with van der Waals surface area (Å²) in [5, 5.41) is 0. The van der Waals surface area contributed by atoms with E-state index in [1.807, 2.05) is 6.92 Å². The van der Waals surface area contributed by atoms with Crippen molar-refractivity contribution < 1.29 is 18.7 Å². The summed E-state index contributed by atoms with van der Waals surface area (Å²) in [5.74, 6) is -0.357. The fraction of sp³-hybridized carbons (Fsp3) is 0.556. The third kappa shape index (κ3) is 2.25. The molecule has 14 heavy (non-hydrogen) atoms. The van der Waals surface area contributed by atoms with Crippen LogP contribution in [-0.2, 0) is 4.74 Å². The molecule has 1 rings (SSSR count). The Morgan fingerprint density at radius 1 is 1.43 bits per heavy atom. The summed E-state index contributed by atoms with van der Waals surface area (Å²) in [7, 11) is 0. The van der Waals surface area contributed by atoms with E-state index in [-0.39, 0.29) is 11.8 Å². The average Bonchev–Trinajstić information content (AvgIpc) is 2.49. The lowest BCUT2D eigenvalue weighted by Gasteiger charge is -1.96. The van der Waals surface area contributed by atoms with Gasteiger partial charge in [-0.15, -0.1) is 0 Å². The zero-order valence-electron chi connectivity index (χ0n) is 8.49. The van der Waals surface area contributed by atoms with E-state index >= 15 is 0 Å². The number of ether oxygens (including phenoxy) is 2. The molecule has 0 spiro atoms. The van der Waals surface area contributed by atoms with Crippen LogP contribution in [0.15, 0.2) is 4.42 Å². The van der Waals surface area contributed by atoms with Gasteiger partial charge in [0.2, 0.25) is 0 Å². The Morgan fingerprint density at radius 3 is 2.71 bits per heavy atom. The van der Waals surface area contributed by atoms with Gasteiger partial charge in [0.1, 0.15) is 5.69 Å². The van der Waals surface area contributed by atoms with Gasteiger partial charge in [-0.2, -0.15) is 0 Å². The highest BCUT2D eigenvalue weighted by molar-refractivity contribution is 5.84. The van der Waals surface area contributed by atoms with Crippen LogP contribution >= 0.6 is 0 Å². The van der Waals surface area contributed by atoms with Gasteiger partial charge in [-0.1, -0.05) is 0 Å². The number of rotatable bonds is 4. The second kappa shape index (κ2) is 4.64. The molecular weight excluding hydrogens is 186 g/mol. The SMILES string of the molecule is CCOC(=O)c1nc(C)c(OCC)o1. The van der Waals surface area contributed by atoms with E-state index < -0.39 is 5.97 Å². The van der Waals surface area contributed by atoms with E-state index in [0.29, 0.717) is 18.9 Å². The number of nitrogens with zero attached hydrogens (tertiary/aromatic N) is 1. The Balaban J connectivity index is 2.79. The van der Waals surface area contributed by atoms with Crippen LogP contribution in [0.5, 0.6) is 5.95 Å². The number of aryl methyl sites for hydroxylation is 1. The first-order valence-corrected chi connectivity index (χ1v) is 4.46. The quantitative estimate of drug-likeness (QED) is 0.688. The number of hydrogen-bond donors (Lipinski definition) is 0. The maximum atomic E-state index is 11.2. The molecular formula is C9H13NO4. The second-order valence-electron chi connectivity index (χ2n) is 2.55. The van der Waals surface area contributed by atoms with Gasteiger partial charge in [0.25, 0.3) is 0 Å². The maximum Gasteiger partial charge on any atom is 0.394 e. The van der Waals surface area contributed by atoms with Crippen molar-refractivity contribution in [3.63, 3.8) is 0 Å². The van der Waals surface area contributed by atoms with Crippen molar-refractivity contribution in [1.29, 1.82) is 0 Å². The summed E-state index contributed by atoms with van der Waals surface area (Å²) in [6, 6.07) is 0. The highest BCUT2D eigenvalue weighted by Crippen LogP contribution is 2.19. The average molecular weight is 199 g/mol. The monoisotopic (exact) mass is 199 g/mol. The van der Waals surface area contributed by atoms with Crippen molar-refractivity contribution in [2.24, 2.45) is 0 Å². The Hall–Kier alpha value is -1.52. The lowest BCUT2D eigenvalue weighted by molar-refractivity contribution is 0.0473. The van der Waals surface area contributed by atoms with Gasteiger partial charge in [0.05, 0.1) is 13.2 Å². The summed E-state index contributed by atoms with van der Waals surface area (Å²) in [6.45, 7) is 6.02. The Morgan fingerprint density at radius 2 is 2.14 bits per heavy atom. The lowest BCUT2D eigenvalue weighted by Crippen LogP contribution is -2.04. The van der Waals surface area contributed by atoms with Gasteiger partial charge in [0.15, 0.2) is 0 Å². The third-order valence-corrected chi connectivity index (χ3v) is 1.48. The van der Waals surface area contributed by atoms with Crippen LogP contribution in [-0.4, -0.2) is 24.2 Å².